The van der Waals surface area contributed by atoms with E-state index in [0.29, 0.717) is 17.9 Å². The van der Waals surface area contributed by atoms with Gasteiger partial charge >= 0.3 is 0 Å². The number of ether oxygens (including phenoxy) is 2. The molecule has 36 heavy (non-hydrogen) atoms. The zero-order valence-electron chi connectivity index (χ0n) is 21.0. The number of phenolic OH excluding ortho intramolecular Hbond substituents is 2. The molecule has 0 aliphatic carbocycles. The summed E-state index contributed by atoms with van der Waals surface area (Å²) < 4.78 is 11.2. The molecule has 182 valence electrons. The molecule has 4 N–H and O–H groups in total. The Labute approximate surface area is 208 Å². The number of methoxy groups -OCH3 is 2. The Bertz CT molecular complexity index is 1840. The first kappa shape index (κ1) is 22.2. The molecule has 0 bridgehead atoms. The number of nitrogens with one attached hydrogen (secondary N) is 2. The summed E-state index contributed by atoms with van der Waals surface area (Å²) in [6, 6.07) is 14.2. The van der Waals surface area contributed by atoms with Crippen LogP contribution in [0.1, 0.15) is 27.8 Å². The number of hydrogen-bond donors (Lipinski definition) is 4. The number of aromatic hydroxyl groups is 2. The van der Waals surface area contributed by atoms with Crippen LogP contribution in [-0.4, -0.2) is 34.4 Å². The van der Waals surface area contributed by atoms with E-state index in [0.717, 1.165) is 71.4 Å². The van der Waals surface area contributed by atoms with E-state index in [-0.39, 0.29) is 11.5 Å². The van der Waals surface area contributed by atoms with Crippen molar-refractivity contribution in [2.24, 2.45) is 0 Å². The first-order chi connectivity index (χ1) is 17.3. The quantitative estimate of drug-likeness (QED) is 0.221. The van der Waals surface area contributed by atoms with Gasteiger partial charge < -0.3 is 29.7 Å². The lowest BCUT2D eigenvalue weighted by Gasteiger charge is -2.15. The Morgan fingerprint density at radius 3 is 2.03 bits per heavy atom. The standard InChI is InChI=1S/C30H28N2O4/c1-14-15(2)29(35-4)28(34)24-20-13-17(10-11-22(20)31-25(14)24)12-19-16(3)30(36-5)27(33)23-18-8-6-7-9-21(18)32-26(19)23/h6-11,13,31-34H,12H2,1-5H3. The van der Waals surface area contributed by atoms with Gasteiger partial charge in [-0.1, -0.05) is 24.3 Å². The molecule has 0 amide bonds. The third-order valence-electron chi connectivity index (χ3n) is 7.64. The number of H-pyrrole nitrogens is 2. The number of benzene rings is 4. The molecule has 4 aromatic carbocycles. The number of rotatable bonds is 4. The summed E-state index contributed by atoms with van der Waals surface area (Å²) in [7, 11) is 3.17. The largest absolute Gasteiger partial charge is 0.504 e. The molecule has 0 spiro atoms. The summed E-state index contributed by atoms with van der Waals surface area (Å²) in [6.45, 7) is 5.97. The lowest BCUT2D eigenvalue weighted by molar-refractivity contribution is 0.373. The number of aromatic amines is 2. The summed E-state index contributed by atoms with van der Waals surface area (Å²) in [6.07, 6.45) is 0.622. The van der Waals surface area contributed by atoms with Crippen LogP contribution >= 0.6 is 0 Å². The lowest BCUT2D eigenvalue weighted by atomic mass is 9.94. The first-order valence-electron chi connectivity index (χ1n) is 11.9. The van der Waals surface area contributed by atoms with E-state index in [1.54, 1.807) is 14.2 Å². The molecule has 6 aromatic rings. The van der Waals surface area contributed by atoms with Crippen molar-refractivity contribution in [1.29, 1.82) is 0 Å². The van der Waals surface area contributed by atoms with E-state index < -0.39 is 0 Å². The molecule has 2 heterocycles. The van der Waals surface area contributed by atoms with Crippen LogP contribution in [0.5, 0.6) is 23.0 Å². The lowest BCUT2D eigenvalue weighted by Crippen LogP contribution is -1.98. The highest BCUT2D eigenvalue weighted by Crippen LogP contribution is 2.46. The van der Waals surface area contributed by atoms with Crippen LogP contribution in [-0.2, 0) is 6.42 Å². The normalized spacial score (nSPS) is 11.8. The minimum atomic E-state index is 0.152. The summed E-state index contributed by atoms with van der Waals surface area (Å²) in [5.41, 5.74) is 8.74. The van der Waals surface area contributed by atoms with Gasteiger partial charge in [-0.15, -0.1) is 0 Å². The van der Waals surface area contributed by atoms with Crippen molar-refractivity contribution in [3.8, 4) is 23.0 Å². The van der Waals surface area contributed by atoms with Crippen LogP contribution < -0.4 is 9.47 Å². The van der Waals surface area contributed by atoms with E-state index in [1.165, 1.54) is 0 Å². The smallest absolute Gasteiger partial charge is 0.168 e. The Morgan fingerprint density at radius 1 is 0.694 bits per heavy atom. The van der Waals surface area contributed by atoms with E-state index in [2.05, 4.69) is 28.2 Å². The van der Waals surface area contributed by atoms with Crippen molar-refractivity contribution >= 4 is 43.6 Å². The second-order valence-electron chi connectivity index (χ2n) is 9.47. The van der Waals surface area contributed by atoms with Crippen molar-refractivity contribution < 1.29 is 19.7 Å². The van der Waals surface area contributed by atoms with Crippen molar-refractivity contribution in [3.05, 3.63) is 70.3 Å². The highest BCUT2D eigenvalue weighted by molar-refractivity contribution is 6.14. The fourth-order valence-corrected chi connectivity index (χ4v) is 5.68. The third kappa shape index (κ3) is 2.90. The van der Waals surface area contributed by atoms with Crippen LogP contribution in [0.25, 0.3) is 43.6 Å². The van der Waals surface area contributed by atoms with Crippen molar-refractivity contribution in [2.45, 2.75) is 27.2 Å². The van der Waals surface area contributed by atoms with Gasteiger partial charge in [0.05, 0.1) is 36.0 Å². The highest BCUT2D eigenvalue weighted by atomic mass is 16.5. The molecule has 6 nitrogen and oxygen atoms in total. The molecule has 0 saturated carbocycles. The van der Waals surface area contributed by atoms with Gasteiger partial charge in [0.2, 0.25) is 0 Å². The Balaban J connectivity index is 1.60. The maximum absolute atomic E-state index is 11.1. The molecule has 0 fully saturated rings. The average Bonchev–Trinajstić information content (AvgIpc) is 3.45. The van der Waals surface area contributed by atoms with Gasteiger partial charge in [0, 0.05) is 27.4 Å². The van der Waals surface area contributed by atoms with E-state index in [1.807, 2.05) is 45.0 Å². The number of aromatic nitrogens is 2. The van der Waals surface area contributed by atoms with Crippen molar-refractivity contribution in [1.82, 2.24) is 9.97 Å². The van der Waals surface area contributed by atoms with Gasteiger partial charge in [-0.2, -0.15) is 0 Å². The second kappa shape index (κ2) is 7.85. The van der Waals surface area contributed by atoms with Crippen molar-refractivity contribution in [3.63, 3.8) is 0 Å². The molecule has 0 atom stereocenters. The predicted octanol–water partition coefficient (Wildman–Crippen LogP) is 6.90. The molecule has 6 heteroatoms. The van der Waals surface area contributed by atoms with E-state index >= 15 is 0 Å². The van der Waals surface area contributed by atoms with Crippen LogP contribution in [0.4, 0.5) is 0 Å². The highest BCUT2D eigenvalue weighted by Gasteiger charge is 2.22. The molecule has 0 aliphatic rings. The van der Waals surface area contributed by atoms with Gasteiger partial charge in [-0.3, -0.25) is 0 Å². The summed E-state index contributed by atoms with van der Waals surface area (Å²) in [5.74, 6) is 1.30. The zero-order valence-corrected chi connectivity index (χ0v) is 21.0. The van der Waals surface area contributed by atoms with Gasteiger partial charge in [-0.05, 0) is 67.6 Å². The molecule has 0 saturated heterocycles. The number of aryl methyl sites for hydroxylation is 1. The Hall–Kier alpha value is -4.32. The fraction of sp³-hybridized carbons (Fsp3) is 0.200. The second-order valence-corrected chi connectivity index (χ2v) is 9.47. The third-order valence-corrected chi connectivity index (χ3v) is 7.64. The SMILES string of the molecule is COc1c(C)c(C)c2[nH]c3ccc(Cc4c(C)c(OC)c(O)c5c4[nH]c4ccccc45)cc3c2c1O. The number of para-hydroxylation sites is 1. The topological polar surface area (TPSA) is 90.5 Å². The van der Waals surface area contributed by atoms with Gasteiger partial charge in [0.15, 0.2) is 23.0 Å². The summed E-state index contributed by atoms with van der Waals surface area (Å²) >= 11 is 0. The molecule has 0 aliphatic heterocycles. The van der Waals surface area contributed by atoms with Crippen LogP contribution in [0, 0.1) is 20.8 Å². The summed E-state index contributed by atoms with van der Waals surface area (Å²) in [4.78, 5) is 7.00. The van der Waals surface area contributed by atoms with Crippen molar-refractivity contribution in [2.75, 3.05) is 14.2 Å². The van der Waals surface area contributed by atoms with Gasteiger partial charge in [-0.25, -0.2) is 0 Å². The van der Waals surface area contributed by atoms with Crippen LogP contribution in [0.15, 0.2) is 42.5 Å². The van der Waals surface area contributed by atoms with E-state index in [4.69, 9.17) is 9.47 Å². The molecular formula is C30H28N2O4. The minimum Gasteiger partial charge on any atom is -0.504 e. The fourth-order valence-electron chi connectivity index (χ4n) is 5.68. The number of fused-ring (bicyclic) bond motifs is 6. The molecule has 0 unspecified atom stereocenters. The average molecular weight is 481 g/mol. The molecule has 0 radical (unpaired) electrons. The maximum Gasteiger partial charge on any atom is 0.168 e. The predicted molar refractivity (Wildman–Crippen MR) is 145 cm³/mol. The first-order valence-corrected chi connectivity index (χ1v) is 11.9. The number of phenols is 2. The Kier molecular flexibility index (Phi) is 4.83. The molecule has 2 aromatic heterocycles. The maximum atomic E-state index is 11.1. The van der Waals surface area contributed by atoms with Gasteiger partial charge in [0.25, 0.3) is 0 Å². The van der Waals surface area contributed by atoms with E-state index in [9.17, 15) is 10.2 Å². The van der Waals surface area contributed by atoms with Crippen LogP contribution in [0.3, 0.4) is 0 Å². The summed E-state index contributed by atoms with van der Waals surface area (Å²) in [5, 5.41) is 25.6. The van der Waals surface area contributed by atoms with Crippen LogP contribution in [0.2, 0.25) is 0 Å². The molecule has 6 rings (SSSR count). The van der Waals surface area contributed by atoms with Gasteiger partial charge in [0.1, 0.15) is 0 Å². The zero-order chi connectivity index (χ0) is 25.3. The number of hydrogen-bond acceptors (Lipinski definition) is 4. The Morgan fingerprint density at radius 2 is 1.31 bits per heavy atom. The molecular weight excluding hydrogens is 452 g/mol. The minimum absolute atomic E-state index is 0.152. The monoisotopic (exact) mass is 480 g/mol.